The van der Waals surface area contributed by atoms with Crippen LogP contribution < -0.4 is 0 Å². The molecule has 2 fully saturated rings. The number of hydrogen-bond acceptors (Lipinski definition) is 7. The van der Waals surface area contributed by atoms with Gasteiger partial charge in [0.25, 0.3) is 0 Å². The van der Waals surface area contributed by atoms with Gasteiger partial charge in [0.1, 0.15) is 5.92 Å². The lowest BCUT2D eigenvalue weighted by Crippen LogP contribution is -2.50. The highest BCUT2D eigenvalue weighted by molar-refractivity contribution is 4.97. The summed E-state index contributed by atoms with van der Waals surface area (Å²) in [5.74, 6) is -5.34. The quantitative estimate of drug-likeness (QED) is 0.468. The van der Waals surface area contributed by atoms with Gasteiger partial charge in [0.15, 0.2) is 0 Å². The van der Waals surface area contributed by atoms with Gasteiger partial charge in [0.2, 0.25) is 17.4 Å². The van der Waals surface area contributed by atoms with E-state index in [0.717, 1.165) is 0 Å². The van der Waals surface area contributed by atoms with Crippen LogP contribution >= 0.6 is 0 Å². The molecule has 2 aliphatic rings. The number of aliphatic hydroxyl groups is 1. The van der Waals surface area contributed by atoms with Gasteiger partial charge < -0.3 is 5.11 Å². The van der Waals surface area contributed by atoms with Crippen LogP contribution in [0.1, 0.15) is 20.8 Å². The van der Waals surface area contributed by atoms with Crippen molar-refractivity contribution in [3.8, 4) is 0 Å². The van der Waals surface area contributed by atoms with Crippen molar-refractivity contribution in [3.05, 3.63) is 0 Å². The van der Waals surface area contributed by atoms with Crippen LogP contribution in [0.4, 0.5) is 0 Å². The molecule has 0 aromatic carbocycles. The molecular weight excluding hydrogens is 196 g/mol. The highest BCUT2D eigenvalue weighted by atomic mass is 17.4. The fourth-order valence-electron chi connectivity index (χ4n) is 2.06. The zero-order chi connectivity index (χ0) is 10.6. The van der Waals surface area contributed by atoms with Crippen LogP contribution in [-0.2, 0) is 24.4 Å². The molecule has 0 aromatic rings. The van der Waals surface area contributed by atoms with E-state index in [2.05, 4.69) is 9.78 Å². The van der Waals surface area contributed by atoms with E-state index in [9.17, 15) is 5.11 Å². The van der Waals surface area contributed by atoms with Crippen LogP contribution in [-0.4, -0.2) is 27.7 Å². The normalized spacial score (nSPS) is 57.6. The van der Waals surface area contributed by atoms with Gasteiger partial charge >= 0.3 is 0 Å². The maximum absolute atomic E-state index is 9.80. The third-order valence-electron chi connectivity index (χ3n) is 2.51. The first-order valence-corrected chi connectivity index (χ1v) is 4.13. The summed E-state index contributed by atoms with van der Waals surface area (Å²) >= 11 is 0. The van der Waals surface area contributed by atoms with Crippen molar-refractivity contribution in [1.82, 2.24) is 0 Å². The van der Waals surface area contributed by atoms with E-state index in [-0.39, 0.29) is 0 Å². The molecule has 0 unspecified atom stereocenters. The van der Waals surface area contributed by atoms with Gasteiger partial charge in [-0.1, -0.05) is 0 Å². The molecule has 0 aromatic heterocycles. The monoisotopic (exact) mass is 208 g/mol. The van der Waals surface area contributed by atoms with Gasteiger partial charge in [0.05, 0.1) is 0 Å². The summed E-state index contributed by atoms with van der Waals surface area (Å²) in [5.41, 5.74) is 0. The van der Waals surface area contributed by atoms with Crippen molar-refractivity contribution >= 4 is 0 Å². The summed E-state index contributed by atoms with van der Waals surface area (Å²) in [7, 11) is 0. The van der Waals surface area contributed by atoms with Crippen LogP contribution in [0.25, 0.3) is 0 Å². The lowest BCUT2D eigenvalue weighted by molar-refractivity contribution is -0.530. The largest absolute Gasteiger partial charge is 0.363 e. The molecule has 2 saturated heterocycles. The molecule has 2 aliphatic heterocycles. The second kappa shape index (κ2) is 2.64. The molecule has 2 rings (SSSR count). The molecule has 82 valence electrons. The van der Waals surface area contributed by atoms with E-state index in [0.29, 0.717) is 0 Å². The molecule has 4 atom stereocenters. The van der Waals surface area contributed by atoms with Gasteiger partial charge in [-0.05, 0) is 20.8 Å². The van der Waals surface area contributed by atoms with Gasteiger partial charge in [-0.15, -0.1) is 0 Å². The standard InChI is InChI=1S/C7H12O7/c1-5(8)4-6(2,10-9)12-14-7(4,3)13-11-5/h4,8-9H,1-3H3/t4-,5-,6+,7+/m0/s1. The third-order valence-corrected chi connectivity index (χ3v) is 2.51. The number of fused-ring (bicyclic) bond motifs is 1. The highest BCUT2D eigenvalue weighted by Gasteiger charge is 2.72. The Morgan fingerprint density at radius 1 is 1.07 bits per heavy atom. The lowest BCUT2D eigenvalue weighted by Gasteiger charge is -2.29. The molecule has 7 heteroatoms. The molecule has 0 radical (unpaired) electrons. The van der Waals surface area contributed by atoms with Gasteiger partial charge in [-0.3, -0.25) is 0 Å². The summed E-state index contributed by atoms with van der Waals surface area (Å²) in [6, 6.07) is 0. The molecule has 0 amide bonds. The fraction of sp³-hybridized carbons (Fsp3) is 1.00. The Kier molecular flexibility index (Phi) is 1.93. The van der Waals surface area contributed by atoms with Crippen molar-refractivity contribution in [2.75, 3.05) is 0 Å². The predicted molar refractivity (Wildman–Crippen MR) is 39.0 cm³/mol. The second-order valence-electron chi connectivity index (χ2n) is 3.94. The number of hydrogen-bond donors (Lipinski definition) is 2. The van der Waals surface area contributed by atoms with Gasteiger partial charge in [-0.2, -0.15) is 19.6 Å². The minimum atomic E-state index is -1.66. The molecular formula is C7H12O7. The van der Waals surface area contributed by atoms with Crippen molar-refractivity contribution < 1.29 is 34.8 Å². The third kappa shape index (κ3) is 1.12. The smallest absolute Gasteiger partial charge is 0.244 e. The van der Waals surface area contributed by atoms with Crippen LogP contribution in [0.15, 0.2) is 0 Å². The van der Waals surface area contributed by atoms with E-state index in [1.807, 2.05) is 0 Å². The summed E-state index contributed by atoms with van der Waals surface area (Å²) < 4.78 is 0. The first-order chi connectivity index (χ1) is 6.34. The lowest BCUT2D eigenvalue weighted by atomic mass is 9.86. The first-order valence-electron chi connectivity index (χ1n) is 4.13. The van der Waals surface area contributed by atoms with Crippen LogP contribution in [0, 0.1) is 5.92 Å². The maximum atomic E-state index is 9.80. The Balaban J connectivity index is 2.38. The molecule has 0 aliphatic carbocycles. The summed E-state index contributed by atoms with van der Waals surface area (Å²) in [5, 5.41) is 18.5. The molecule has 0 saturated carbocycles. The van der Waals surface area contributed by atoms with Crippen molar-refractivity contribution in [3.63, 3.8) is 0 Å². The maximum Gasteiger partial charge on any atom is 0.244 e. The molecule has 2 heterocycles. The van der Waals surface area contributed by atoms with Crippen molar-refractivity contribution in [2.45, 2.75) is 38.1 Å². The number of rotatable bonds is 1. The fourth-order valence-corrected chi connectivity index (χ4v) is 2.06. The Hall–Kier alpha value is -0.280. The highest BCUT2D eigenvalue weighted by Crippen LogP contribution is 2.53. The van der Waals surface area contributed by atoms with Crippen LogP contribution in [0.5, 0.6) is 0 Å². The minimum absolute atomic E-state index is 0.840. The molecule has 14 heavy (non-hydrogen) atoms. The molecule has 2 N–H and O–H groups in total. The Morgan fingerprint density at radius 3 is 2.21 bits per heavy atom. The average Bonchev–Trinajstić information content (AvgIpc) is 2.51. The zero-order valence-electron chi connectivity index (χ0n) is 8.01. The van der Waals surface area contributed by atoms with Gasteiger partial charge in [-0.25, -0.2) is 10.1 Å². The van der Waals surface area contributed by atoms with E-state index in [1.165, 1.54) is 20.8 Å². The van der Waals surface area contributed by atoms with Gasteiger partial charge in [0, 0.05) is 0 Å². The predicted octanol–water partition coefficient (Wildman–Crippen LogP) is 0.157. The Labute approximate surface area is 79.9 Å². The first kappa shape index (κ1) is 10.2. The van der Waals surface area contributed by atoms with Crippen LogP contribution in [0.2, 0.25) is 0 Å². The summed E-state index contributed by atoms with van der Waals surface area (Å²) in [6.07, 6.45) is 0. The second-order valence-corrected chi connectivity index (χ2v) is 3.94. The van der Waals surface area contributed by atoms with E-state index in [1.54, 1.807) is 0 Å². The van der Waals surface area contributed by atoms with E-state index in [4.69, 9.17) is 19.9 Å². The van der Waals surface area contributed by atoms with Crippen molar-refractivity contribution in [1.29, 1.82) is 0 Å². The topological polar surface area (TPSA) is 86.6 Å². The molecule has 7 nitrogen and oxygen atoms in total. The summed E-state index contributed by atoms with van der Waals surface area (Å²) in [6.45, 7) is 4.26. The van der Waals surface area contributed by atoms with Crippen LogP contribution in [0.3, 0.4) is 0 Å². The van der Waals surface area contributed by atoms with E-state index < -0.39 is 23.3 Å². The SMILES string of the molecule is C[C@@]12OO[C@@](C)(OO)[C@@H]1[C@@](C)(O)OO2. The van der Waals surface area contributed by atoms with Crippen molar-refractivity contribution in [2.24, 2.45) is 5.92 Å². The molecule has 0 bridgehead atoms. The summed E-state index contributed by atoms with van der Waals surface area (Å²) in [4.78, 5) is 23.2. The Bertz CT molecular complexity index is 254. The minimum Gasteiger partial charge on any atom is -0.363 e. The molecule has 0 spiro atoms. The van der Waals surface area contributed by atoms with E-state index >= 15 is 0 Å². The average molecular weight is 208 g/mol. The zero-order valence-corrected chi connectivity index (χ0v) is 8.01. The Morgan fingerprint density at radius 2 is 1.64 bits per heavy atom.